The first-order chi connectivity index (χ1) is 9.72. The van der Waals surface area contributed by atoms with Gasteiger partial charge in [-0.3, -0.25) is 4.79 Å². The largest absolute Gasteiger partial charge is 0.487 e. The van der Waals surface area contributed by atoms with Crippen molar-refractivity contribution >= 4 is 34.2 Å². The van der Waals surface area contributed by atoms with E-state index in [0.717, 1.165) is 3.57 Å². The number of carbonyl (C=O) groups excluding carboxylic acids is 1. The molecule has 1 amide bonds. The van der Waals surface area contributed by atoms with E-state index in [4.69, 9.17) is 4.74 Å². The smallest absolute Gasteiger partial charge is 0.256 e. The molecule has 2 rings (SSSR count). The lowest BCUT2D eigenvalue weighted by Gasteiger charge is -2.11. The molecule has 0 unspecified atom stereocenters. The van der Waals surface area contributed by atoms with Crippen molar-refractivity contribution in [1.82, 2.24) is 0 Å². The third-order valence-electron chi connectivity index (χ3n) is 2.61. The summed E-state index contributed by atoms with van der Waals surface area (Å²) in [6, 6.07) is 14.8. The van der Waals surface area contributed by atoms with E-state index < -0.39 is 0 Å². The lowest BCUT2D eigenvalue weighted by atomic mass is 10.2. The zero-order chi connectivity index (χ0) is 14.4. The highest BCUT2D eigenvalue weighted by Gasteiger charge is 2.11. The number of hydrogen-bond acceptors (Lipinski definition) is 2. The molecule has 3 nitrogen and oxygen atoms in total. The van der Waals surface area contributed by atoms with Crippen LogP contribution in [0, 0.1) is 3.57 Å². The first-order valence-corrected chi connectivity index (χ1v) is 7.19. The molecule has 4 heteroatoms. The molecular formula is C16H14INO2. The summed E-state index contributed by atoms with van der Waals surface area (Å²) in [5.41, 5.74) is 1.30. The molecule has 2 aromatic carbocycles. The molecule has 0 radical (unpaired) electrons. The van der Waals surface area contributed by atoms with E-state index in [2.05, 4.69) is 34.5 Å². The molecule has 0 heterocycles. The fourth-order valence-electron chi connectivity index (χ4n) is 1.68. The van der Waals surface area contributed by atoms with Crippen LogP contribution in [0.5, 0.6) is 5.75 Å². The molecule has 2 aromatic rings. The average molecular weight is 379 g/mol. The predicted molar refractivity (Wildman–Crippen MR) is 89.2 cm³/mol. The first kappa shape index (κ1) is 14.6. The van der Waals surface area contributed by atoms with Gasteiger partial charge in [-0.05, 0) is 46.9 Å². The molecule has 0 aromatic heterocycles. The molecule has 0 saturated carbocycles. The van der Waals surface area contributed by atoms with Crippen molar-refractivity contribution in [2.24, 2.45) is 0 Å². The van der Waals surface area contributed by atoms with Crippen LogP contribution in [0.2, 0.25) is 0 Å². The lowest BCUT2D eigenvalue weighted by Crippen LogP contribution is -2.14. The zero-order valence-electron chi connectivity index (χ0n) is 10.8. The zero-order valence-corrected chi connectivity index (χ0v) is 13.0. The van der Waals surface area contributed by atoms with Gasteiger partial charge in [0.15, 0.2) is 0 Å². The maximum absolute atomic E-state index is 12.3. The highest BCUT2D eigenvalue weighted by molar-refractivity contribution is 14.1. The van der Waals surface area contributed by atoms with Crippen molar-refractivity contribution in [2.45, 2.75) is 0 Å². The Labute approximate surface area is 131 Å². The molecule has 102 valence electrons. The monoisotopic (exact) mass is 379 g/mol. The summed E-state index contributed by atoms with van der Waals surface area (Å²) in [5.74, 6) is 0.483. The summed E-state index contributed by atoms with van der Waals surface area (Å²) < 4.78 is 6.43. The van der Waals surface area contributed by atoms with Crippen LogP contribution in [0.1, 0.15) is 10.4 Å². The van der Waals surface area contributed by atoms with E-state index >= 15 is 0 Å². The minimum absolute atomic E-state index is 0.148. The molecule has 0 atom stereocenters. The maximum atomic E-state index is 12.3. The summed E-state index contributed by atoms with van der Waals surface area (Å²) in [6.45, 7) is 4.01. The topological polar surface area (TPSA) is 38.3 Å². The van der Waals surface area contributed by atoms with Gasteiger partial charge < -0.3 is 10.1 Å². The van der Waals surface area contributed by atoms with Crippen molar-refractivity contribution < 1.29 is 9.53 Å². The van der Waals surface area contributed by atoms with Crippen molar-refractivity contribution in [3.8, 4) is 5.75 Å². The van der Waals surface area contributed by atoms with Gasteiger partial charge in [-0.15, -0.1) is 0 Å². The molecule has 0 aliphatic rings. The van der Waals surface area contributed by atoms with E-state index in [0.29, 0.717) is 23.6 Å². The third kappa shape index (κ3) is 3.60. The number of anilines is 1. The van der Waals surface area contributed by atoms with Crippen LogP contribution in [-0.2, 0) is 0 Å². The van der Waals surface area contributed by atoms with Gasteiger partial charge in [0.05, 0.1) is 11.3 Å². The van der Waals surface area contributed by atoms with Crippen LogP contribution in [0.3, 0.4) is 0 Å². The van der Waals surface area contributed by atoms with Crippen LogP contribution >= 0.6 is 22.6 Å². The number of nitrogens with one attached hydrogen (secondary N) is 1. The fraction of sp³-hybridized carbons (Fsp3) is 0.0625. The van der Waals surface area contributed by atoms with Gasteiger partial charge in [0.2, 0.25) is 0 Å². The Morgan fingerprint density at radius 1 is 1.20 bits per heavy atom. The Morgan fingerprint density at radius 2 is 1.90 bits per heavy atom. The first-order valence-electron chi connectivity index (χ1n) is 6.11. The van der Waals surface area contributed by atoms with Gasteiger partial charge >= 0.3 is 0 Å². The minimum atomic E-state index is -0.148. The van der Waals surface area contributed by atoms with Crippen LogP contribution in [-0.4, -0.2) is 12.5 Å². The highest BCUT2D eigenvalue weighted by atomic mass is 127. The molecule has 0 aliphatic heterocycles. The highest BCUT2D eigenvalue weighted by Crippen LogP contribution is 2.25. The summed E-state index contributed by atoms with van der Waals surface area (Å²) in [6.07, 6.45) is 1.67. The Morgan fingerprint density at radius 3 is 2.65 bits per heavy atom. The number of halogens is 1. The maximum Gasteiger partial charge on any atom is 0.256 e. The number of rotatable bonds is 5. The van der Waals surface area contributed by atoms with E-state index in [-0.39, 0.29) is 5.91 Å². The van der Waals surface area contributed by atoms with Crippen LogP contribution in [0.25, 0.3) is 0 Å². The molecule has 20 heavy (non-hydrogen) atoms. The van der Waals surface area contributed by atoms with Crippen LogP contribution in [0.4, 0.5) is 5.69 Å². The number of ether oxygens (including phenoxy) is 1. The summed E-state index contributed by atoms with van der Waals surface area (Å²) in [5, 5.41) is 2.87. The quantitative estimate of drug-likeness (QED) is 0.627. The SMILES string of the molecule is C=CCOc1ccccc1NC(=O)c1ccccc1I. The van der Waals surface area contributed by atoms with Gasteiger partial charge in [0.25, 0.3) is 5.91 Å². The standard InChI is InChI=1S/C16H14INO2/c1-2-11-20-15-10-6-5-9-14(15)18-16(19)12-7-3-4-8-13(12)17/h2-10H,1,11H2,(H,18,19). The molecule has 0 bridgehead atoms. The van der Waals surface area contributed by atoms with Gasteiger partial charge in [-0.2, -0.15) is 0 Å². The van der Waals surface area contributed by atoms with Gasteiger partial charge in [0.1, 0.15) is 12.4 Å². The summed E-state index contributed by atoms with van der Waals surface area (Å²) in [7, 11) is 0. The van der Waals surface area contributed by atoms with Crippen LogP contribution in [0.15, 0.2) is 61.2 Å². The normalized spacial score (nSPS) is 9.85. The van der Waals surface area contributed by atoms with E-state index in [1.807, 2.05) is 42.5 Å². The Kier molecular flexibility index (Phi) is 5.17. The van der Waals surface area contributed by atoms with Crippen molar-refractivity contribution in [3.05, 3.63) is 70.3 Å². The summed E-state index contributed by atoms with van der Waals surface area (Å²) in [4.78, 5) is 12.3. The Bertz CT molecular complexity index is 625. The Hall–Kier alpha value is -1.82. The van der Waals surface area contributed by atoms with Gasteiger partial charge in [-0.1, -0.05) is 36.9 Å². The number of carbonyl (C=O) groups is 1. The number of amides is 1. The Balaban J connectivity index is 2.20. The van der Waals surface area contributed by atoms with E-state index in [9.17, 15) is 4.79 Å². The minimum Gasteiger partial charge on any atom is -0.487 e. The predicted octanol–water partition coefficient (Wildman–Crippen LogP) is 4.11. The fourth-order valence-corrected chi connectivity index (χ4v) is 2.31. The molecule has 1 N–H and O–H groups in total. The van der Waals surface area contributed by atoms with Crippen molar-refractivity contribution in [1.29, 1.82) is 0 Å². The number of hydrogen-bond donors (Lipinski definition) is 1. The molecule has 0 saturated heterocycles. The van der Waals surface area contributed by atoms with E-state index in [1.165, 1.54) is 0 Å². The summed E-state index contributed by atoms with van der Waals surface area (Å²) >= 11 is 2.14. The second-order valence-corrected chi connectivity index (χ2v) is 5.19. The molecule has 0 aliphatic carbocycles. The molecule has 0 fully saturated rings. The third-order valence-corrected chi connectivity index (χ3v) is 3.55. The molecule has 0 spiro atoms. The molecular weight excluding hydrogens is 365 g/mol. The van der Waals surface area contributed by atoms with Gasteiger partial charge in [0, 0.05) is 3.57 Å². The number of benzene rings is 2. The second kappa shape index (κ2) is 7.09. The second-order valence-electron chi connectivity index (χ2n) is 4.03. The average Bonchev–Trinajstić information content (AvgIpc) is 2.46. The van der Waals surface area contributed by atoms with Crippen LogP contribution < -0.4 is 10.1 Å². The van der Waals surface area contributed by atoms with E-state index in [1.54, 1.807) is 12.1 Å². The number of para-hydroxylation sites is 2. The van der Waals surface area contributed by atoms with Crippen molar-refractivity contribution in [3.63, 3.8) is 0 Å². The van der Waals surface area contributed by atoms with Crippen molar-refractivity contribution in [2.75, 3.05) is 11.9 Å². The van der Waals surface area contributed by atoms with Gasteiger partial charge in [-0.25, -0.2) is 0 Å². The lowest BCUT2D eigenvalue weighted by molar-refractivity contribution is 0.102.